The van der Waals surface area contributed by atoms with Crippen LogP contribution in [0.15, 0.2) is 105 Å². The van der Waals surface area contributed by atoms with Crippen LogP contribution in [0, 0.1) is 5.82 Å². The predicted molar refractivity (Wildman–Crippen MR) is 157 cm³/mol. The highest BCUT2D eigenvalue weighted by Gasteiger charge is 2.37. The molecule has 1 N–H and O–H groups in total. The molecular weight excluding hydrogens is 577 g/mol. The lowest BCUT2D eigenvalue weighted by atomic mass is 10.1. The molecule has 0 aliphatic carbocycles. The number of allylic oxidation sites excluding steroid dienone is 3. The summed E-state index contributed by atoms with van der Waals surface area (Å²) in [6.45, 7) is 3.06. The summed E-state index contributed by atoms with van der Waals surface area (Å²) < 4.78 is 55.9. The Morgan fingerprint density at radius 2 is 1.60 bits per heavy atom. The summed E-state index contributed by atoms with van der Waals surface area (Å²) in [6.07, 6.45) is 6.99. The van der Waals surface area contributed by atoms with Gasteiger partial charge in [0.05, 0.1) is 37.6 Å². The summed E-state index contributed by atoms with van der Waals surface area (Å²) in [6, 6.07) is 14.2. The normalized spacial score (nSPS) is 19.0. The fraction of sp³-hybridized carbons (Fsp3) is 0.207. The largest absolute Gasteiger partial charge is 0.494 e. The first-order chi connectivity index (χ1) is 20.7. The number of benzene rings is 2. The zero-order chi connectivity index (χ0) is 30.7. The molecule has 2 atom stereocenters. The molecule has 0 bridgehead atoms. The third-order valence-electron chi connectivity index (χ3n) is 6.97. The molecule has 2 aliphatic rings. The average molecular weight is 606 g/mol. The van der Waals surface area contributed by atoms with Gasteiger partial charge in [0.25, 0.3) is 16.0 Å². The Bertz CT molecular complexity index is 1750. The number of hydrogen-bond acceptors (Lipinski definition) is 9. The Labute approximate surface area is 247 Å². The second-order valence-electron chi connectivity index (χ2n) is 9.50. The summed E-state index contributed by atoms with van der Waals surface area (Å²) in [5.41, 5.74) is 1.62. The quantitative estimate of drug-likeness (QED) is 0.364. The minimum Gasteiger partial charge on any atom is -0.494 e. The molecule has 5 rings (SSSR count). The number of hydroxylamine groups is 2. The second-order valence-corrected chi connectivity index (χ2v) is 11.5. The van der Waals surface area contributed by atoms with Gasteiger partial charge in [0.2, 0.25) is 0 Å². The molecule has 3 heterocycles. The number of sulfonamides is 1. The lowest BCUT2D eigenvalue weighted by molar-refractivity contribution is 0.0120. The van der Waals surface area contributed by atoms with E-state index in [2.05, 4.69) is 24.6 Å². The molecule has 14 heteroatoms. The van der Waals surface area contributed by atoms with E-state index in [0.717, 1.165) is 23.0 Å². The Hall–Kier alpha value is -4.95. The third kappa shape index (κ3) is 5.74. The van der Waals surface area contributed by atoms with E-state index >= 15 is 0 Å². The number of anilines is 1. The van der Waals surface area contributed by atoms with Crippen molar-refractivity contribution in [1.82, 2.24) is 15.0 Å². The van der Waals surface area contributed by atoms with Gasteiger partial charge in [-0.3, -0.25) is 10.1 Å². The SMILES string of the molecule is COc1cccc(OC)c1N1/C(=N/S(=O)(=O)[C@@H](C)[C@H](C)c2ncc(F)cn2)N=N/C1=C1/C=CC=C(c2ccccc2)N1O. The minimum atomic E-state index is -4.29. The van der Waals surface area contributed by atoms with Crippen molar-refractivity contribution in [3.63, 3.8) is 0 Å². The van der Waals surface area contributed by atoms with Crippen molar-refractivity contribution >= 4 is 27.4 Å². The van der Waals surface area contributed by atoms with Gasteiger partial charge in [-0.25, -0.2) is 27.8 Å². The number of rotatable bonds is 8. The van der Waals surface area contributed by atoms with Gasteiger partial charge in [-0.05, 0) is 31.2 Å². The van der Waals surface area contributed by atoms with Crippen LogP contribution in [0.1, 0.15) is 31.2 Å². The predicted octanol–water partition coefficient (Wildman–Crippen LogP) is 5.25. The summed E-state index contributed by atoms with van der Waals surface area (Å²) in [5, 5.41) is 19.5. The Morgan fingerprint density at radius 1 is 0.953 bits per heavy atom. The number of methoxy groups -OCH3 is 2. The average Bonchev–Trinajstić information content (AvgIpc) is 3.42. The molecule has 0 saturated carbocycles. The molecule has 1 aromatic heterocycles. The molecule has 0 radical (unpaired) electrons. The number of azo groups is 1. The van der Waals surface area contributed by atoms with Crippen LogP contribution in [-0.2, 0) is 10.0 Å². The topological polar surface area (TPSA) is 142 Å². The molecule has 0 unspecified atom stereocenters. The van der Waals surface area contributed by atoms with Crippen molar-refractivity contribution < 1.29 is 27.5 Å². The molecule has 222 valence electrons. The fourth-order valence-corrected chi connectivity index (χ4v) is 5.63. The summed E-state index contributed by atoms with van der Waals surface area (Å²) in [7, 11) is -1.40. The van der Waals surface area contributed by atoms with Crippen LogP contribution in [0.5, 0.6) is 11.5 Å². The number of nitrogens with zero attached hydrogens (tertiary/aromatic N) is 7. The van der Waals surface area contributed by atoms with Crippen molar-refractivity contribution in [3.05, 3.63) is 108 Å². The van der Waals surface area contributed by atoms with E-state index in [4.69, 9.17) is 9.47 Å². The maximum atomic E-state index is 13.6. The Balaban J connectivity index is 1.63. The first kappa shape index (κ1) is 29.5. The number of aromatic nitrogens is 2. The van der Waals surface area contributed by atoms with Gasteiger partial charge in [0.1, 0.15) is 28.7 Å². The van der Waals surface area contributed by atoms with Crippen LogP contribution < -0.4 is 14.4 Å². The molecule has 0 amide bonds. The van der Waals surface area contributed by atoms with Crippen LogP contribution in [0.2, 0.25) is 0 Å². The second kappa shape index (κ2) is 12.1. The number of para-hydroxylation sites is 1. The minimum absolute atomic E-state index is 0.0552. The molecule has 0 spiro atoms. The van der Waals surface area contributed by atoms with E-state index in [1.165, 1.54) is 26.0 Å². The monoisotopic (exact) mass is 605 g/mol. The standard InChI is InChI=1S/C29H28FN7O5S/c1-18(27-31-16-21(30)17-32-27)19(2)43(39,40)35-29-34-33-28(36(29)26-24(41-3)14-9-15-25(26)42-4)23-13-8-12-22(37(23)38)20-10-6-5-7-11-20/h5-19,38H,1-4H3/b28-23+,35-29+/t18-,19-/m0/s1. The number of guanidine groups is 1. The Kier molecular flexibility index (Phi) is 8.32. The zero-order valence-corrected chi connectivity index (χ0v) is 24.5. The van der Waals surface area contributed by atoms with E-state index in [1.807, 2.05) is 30.3 Å². The third-order valence-corrected chi connectivity index (χ3v) is 8.73. The van der Waals surface area contributed by atoms with Crippen LogP contribution >= 0.6 is 0 Å². The van der Waals surface area contributed by atoms with Crippen LogP contribution in [0.25, 0.3) is 5.70 Å². The van der Waals surface area contributed by atoms with Gasteiger partial charge in [-0.2, -0.15) is 0 Å². The molecule has 43 heavy (non-hydrogen) atoms. The van der Waals surface area contributed by atoms with Crippen LogP contribution in [0.4, 0.5) is 10.1 Å². The number of halogens is 1. The Morgan fingerprint density at radius 3 is 2.23 bits per heavy atom. The fourth-order valence-electron chi connectivity index (χ4n) is 4.48. The van der Waals surface area contributed by atoms with Crippen molar-refractivity contribution in [2.24, 2.45) is 14.6 Å². The highest BCUT2D eigenvalue weighted by atomic mass is 32.2. The van der Waals surface area contributed by atoms with E-state index in [9.17, 15) is 18.0 Å². The van der Waals surface area contributed by atoms with Gasteiger partial charge < -0.3 is 9.47 Å². The van der Waals surface area contributed by atoms with Crippen molar-refractivity contribution in [2.75, 3.05) is 19.1 Å². The van der Waals surface area contributed by atoms with Gasteiger partial charge in [-0.1, -0.05) is 49.4 Å². The molecule has 12 nitrogen and oxygen atoms in total. The zero-order valence-electron chi connectivity index (χ0n) is 23.7. The summed E-state index contributed by atoms with van der Waals surface area (Å²) in [4.78, 5) is 9.20. The van der Waals surface area contributed by atoms with Gasteiger partial charge in [-0.15, -0.1) is 14.6 Å². The number of hydrogen-bond donors (Lipinski definition) is 1. The highest BCUT2D eigenvalue weighted by Crippen LogP contribution is 2.44. The van der Waals surface area contributed by atoms with Gasteiger partial charge >= 0.3 is 0 Å². The first-order valence-electron chi connectivity index (χ1n) is 13.1. The molecule has 0 fully saturated rings. The highest BCUT2D eigenvalue weighted by molar-refractivity contribution is 7.90. The van der Waals surface area contributed by atoms with Crippen molar-refractivity contribution in [2.45, 2.75) is 25.0 Å². The maximum Gasteiger partial charge on any atom is 0.267 e. The van der Waals surface area contributed by atoms with Gasteiger partial charge in [0, 0.05) is 11.5 Å². The van der Waals surface area contributed by atoms with E-state index in [-0.39, 0.29) is 29.0 Å². The first-order valence-corrected chi connectivity index (χ1v) is 14.6. The number of ether oxygens (including phenoxy) is 2. The maximum absolute atomic E-state index is 13.6. The van der Waals surface area contributed by atoms with E-state index in [1.54, 1.807) is 43.4 Å². The molecule has 3 aromatic rings. The summed E-state index contributed by atoms with van der Waals surface area (Å²) in [5.74, 6) is -0.895. The van der Waals surface area contributed by atoms with Crippen LogP contribution in [0.3, 0.4) is 0 Å². The van der Waals surface area contributed by atoms with Gasteiger partial charge in [0.15, 0.2) is 11.6 Å². The van der Waals surface area contributed by atoms with Crippen molar-refractivity contribution in [3.8, 4) is 11.5 Å². The smallest absolute Gasteiger partial charge is 0.267 e. The molecule has 2 aromatic carbocycles. The summed E-state index contributed by atoms with van der Waals surface area (Å²) >= 11 is 0. The lowest BCUT2D eigenvalue weighted by Crippen LogP contribution is -2.31. The van der Waals surface area contributed by atoms with E-state index in [0.29, 0.717) is 17.2 Å². The van der Waals surface area contributed by atoms with Crippen molar-refractivity contribution in [1.29, 1.82) is 0 Å². The molecule has 2 aliphatic heterocycles. The molecule has 0 saturated heterocycles. The van der Waals surface area contributed by atoms with Crippen LogP contribution in [-0.4, -0.2) is 54.1 Å². The lowest BCUT2D eigenvalue weighted by Gasteiger charge is -2.28. The molecular formula is C29H28FN7O5S. The van der Waals surface area contributed by atoms with E-state index < -0.39 is 27.0 Å².